The van der Waals surface area contributed by atoms with E-state index in [2.05, 4.69) is 10.6 Å². The molecule has 0 spiro atoms. The Bertz CT molecular complexity index is 393. The maximum atomic E-state index is 12.8. The maximum absolute atomic E-state index is 12.8. The molecular formula is C10H10ClFN2S. The Morgan fingerprint density at radius 1 is 1.47 bits per heavy atom. The van der Waals surface area contributed by atoms with Gasteiger partial charge in [0, 0.05) is 11.7 Å². The van der Waals surface area contributed by atoms with Gasteiger partial charge in [0.15, 0.2) is 5.11 Å². The third kappa shape index (κ3) is 3.04. The van der Waals surface area contributed by atoms with Crippen molar-refractivity contribution in [2.75, 3.05) is 5.32 Å². The molecule has 15 heavy (non-hydrogen) atoms. The van der Waals surface area contributed by atoms with Crippen LogP contribution in [0.1, 0.15) is 12.8 Å². The first kappa shape index (κ1) is 10.6. The zero-order valence-corrected chi connectivity index (χ0v) is 9.46. The molecule has 1 fully saturated rings. The van der Waals surface area contributed by atoms with Crippen molar-refractivity contribution in [2.24, 2.45) is 0 Å². The largest absolute Gasteiger partial charge is 0.360 e. The van der Waals surface area contributed by atoms with Crippen LogP contribution < -0.4 is 10.6 Å². The van der Waals surface area contributed by atoms with Gasteiger partial charge in [0.05, 0.1) is 5.02 Å². The summed E-state index contributed by atoms with van der Waals surface area (Å²) >= 11 is 10.7. The Hall–Kier alpha value is -0.870. The van der Waals surface area contributed by atoms with Gasteiger partial charge < -0.3 is 10.6 Å². The van der Waals surface area contributed by atoms with E-state index in [1.165, 1.54) is 12.1 Å². The molecule has 0 heterocycles. The van der Waals surface area contributed by atoms with Crippen LogP contribution in [0.2, 0.25) is 5.02 Å². The van der Waals surface area contributed by atoms with E-state index in [1.807, 2.05) is 0 Å². The van der Waals surface area contributed by atoms with E-state index in [4.69, 9.17) is 23.8 Å². The lowest BCUT2D eigenvalue weighted by atomic mass is 10.3. The lowest BCUT2D eigenvalue weighted by Crippen LogP contribution is -2.30. The Balaban J connectivity index is 1.97. The molecule has 2 rings (SSSR count). The molecule has 0 aromatic heterocycles. The number of rotatable bonds is 2. The van der Waals surface area contributed by atoms with Crippen molar-refractivity contribution in [1.82, 2.24) is 5.32 Å². The molecule has 1 aromatic carbocycles. The van der Waals surface area contributed by atoms with Crippen molar-refractivity contribution in [3.05, 3.63) is 29.0 Å². The van der Waals surface area contributed by atoms with Gasteiger partial charge in [0.2, 0.25) is 0 Å². The molecule has 5 heteroatoms. The molecule has 0 aliphatic heterocycles. The lowest BCUT2D eigenvalue weighted by Gasteiger charge is -2.09. The van der Waals surface area contributed by atoms with Crippen molar-refractivity contribution in [1.29, 1.82) is 0 Å². The highest BCUT2D eigenvalue weighted by Crippen LogP contribution is 2.21. The first-order chi connectivity index (χ1) is 7.15. The van der Waals surface area contributed by atoms with Crippen LogP contribution in [0.25, 0.3) is 0 Å². The Morgan fingerprint density at radius 2 is 2.20 bits per heavy atom. The van der Waals surface area contributed by atoms with Gasteiger partial charge in [-0.1, -0.05) is 11.6 Å². The summed E-state index contributed by atoms with van der Waals surface area (Å²) in [5.41, 5.74) is 0.694. The van der Waals surface area contributed by atoms with Gasteiger partial charge in [-0.2, -0.15) is 0 Å². The molecule has 0 unspecified atom stereocenters. The van der Waals surface area contributed by atoms with Crippen LogP contribution in [-0.4, -0.2) is 11.2 Å². The molecule has 1 aliphatic rings. The summed E-state index contributed by atoms with van der Waals surface area (Å²) in [4.78, 5) is 0. The van der Waals surface area contributed by atoms with Crippen LogP contribution in [-0.2, 0) is 0 Å². The highest BCUT2D eigenvalue weighted by atomic mass is 35.5. The van der Waals surface area contributed by atoms with E-state index in [0.717, 1.165) is 12.8 Å². The molecule has 0 bridgehead atoms. The number of halogens is 2. The SMILES string of the molecule is Fc1ccc(NC(=S)NC2CC2)cc1Cl. The molecule has 2 nitrogen and oxygen atoms in total. The summed E-state index contributed by atoms with van der Waals surface area (Å²) < 4.78 is 12.8. The quantitative estimate of drug-likeness (QED) is 0.783. The summed E-state index contributed by atoms with van der Waals surface area (Å²) in [7, 11) is 0. The van der Waals surface area contributed by atoms with Gasteiger partial charge in [-0.25, -0.2) is 4.39 Å². The van der Waals surface area contributed by atoms with Gasteiger partial charge in [0.25, 0.3) is 0 Å². The lowest BCUT2D eigenvalue weighted by molar-refractivity contribution is 0.628. The average molecular weight is 245 g/mol. The van der Waals surface area contributed by atoms with Gasteiger partial charge in [-0.15, -0.1) is 0 Å². The van der Waals surface area contributed by atoms with Crippen molar-refractivity contribution in [3.8, 4) is 0 Å². The summed E-state index contributed by atoms with van der Waals surface area (Å²) in [5, 5.41) is 6.72. The number of thiocarbonyl (C=S) groups is 1. The van der Waals surface area contributed by atoms with Crippen molar-refractivity contribution in [3.63, 3.8) is 0 Å². The molecule has 0 saturated heterocycles. The van der Waals surface area contributed by atoms with E-state index in [1.54, 1.807) is 6.07 Å². The Kier molecular flexibility index (Phi) is 3.07. The molecule has 1 aliphatic carbocycles. The molecule has 80 valence electrons. The third-order valence-corrected chi connectivity index (χ3v) is 2.60. The predicted molar refractivity (Wildman–Crippen MR) is 63.8 cm³/mol. The minimum atomic E-state index is -0.428. The normalized spacial score (nSPS) is 14.8. The van der Waals surface area contributed by atoms with E-state index in [0.29, 0.717) is 16.8 Å². The Labute approximate surface area is 97.8 Å². The molecule has 2 N–H and O–H groups in total. The maximum Gasteiger partial charge on any atom is 0.170 e. The van der Waals surface area contributed by atoms with Gasteiger partial charge in [-0.3, -0.25) is 0 Å². The van der Waals surface area contributed by atoms with Gasteiger partial charge >= 0.3 is 0 Å². The topological polar surface area (TPSA) is 24.1 Å². The van der Waals surface area contributed by atoms with Gasteiger partial charge in [-0.05, 0) is 43.3 Å². The van der Waals surface area contributed by atoms with E-state index in [-0.39, 0.29) is 5.02 Å². The first-order valence-electron chi connectivity index (χ1n) is 4.68. The molecule has 0 amide bonds. The second-order valence-electron chi connectivity index (χ2n) is 3.50. The number of hydrogen-bond donors (Lipinski definition) is 2. The summed E-state index contributed by atoms with van der Waals surface area (Å²) in [6.07, 6.45) is 2.32. The summed E-state index contributed by atoms with van der Waals surface area (Å²) in [6.45, 7) is 0. The fourth-order valence-electron chi connectivity index (χ4n) is 1.15. The van der Waals surface area contributed by atoms with Crippen molar-refractivity contribution < 1.29 is 4.39 Å². The van der Waals surface area contributed by atoms with E-state index >= 15 is 0 Å². The fourth-order valence-corrected chi connectivity index (χ4v) is 1.62. The zero-order valence-electron chi connectivity index (χ0n) is 7.89. The number of nitrogens with one attached hydrogen (secondary N) is 2. The monoisotopic (exact) mass is 244 g/mol. The van der Waals surface area contributed by atoms with Gasteiger partial charge in [0.1, 0.15) is 5.82 Å². The van der Waals surface area contributed by atoms with Crippen LogP contribution in [0.3, 0.4) is 0 Å². The molecule has 0 radical (unpaired) electrons. The highest BCUT2D eigenvalue weighted by Gasteiger charge is 2.21. The molecule has 0 atom stereocenters. The van der Waals surface area contributed by atoms with Crippen LogP contribution >= 0.6 is 23.8 Å². The number of benzene rings is 1. The van der Waals surface area contributed by atoms with Crippen LogP contribution in [0.5, 0.6) is 0 Å². The van der Waals surface area contributed by atoms with E-state index < -0.39 is 5.82 Å². The van der Waals surface area contributed by atoms with Crippen LogP contribution in [0, 0.1) is 5.82 Å². The molecule has 1 saturated carbocycles. The zero-order chi connectivity index (χ0) is 10.8. The third-order valence-electron chi connectivity index (χ3n) is 2.09. The highest BCUT2D eigenvalue weighted by molar-refractivity contribution is 7.80. The minimum Gasteiger partial charge on any atom is -0.360 e. The predicted octanol–water partition coefficient (Wildman–Crippen LogP) is 2.93. The molecule has 1 aromatic rings. The Morgan fingerprint density at radius 3 is 2.80 bits per heavy atom. The van der Waals surface area contributed by atoms with Crippen LogP contribution in [0.4, 0.5) is 10.1 Å². The standard InChI is InChI=1S/C10H10ClFN2S/c11-8-5-7(3-4-9(8)12)14-10(15)13-6-1-2-6/h3-6H,1-2H2,(H2,13,14,15). The number of hydrogen-bond acceptors (Lipinski definition) is 1. The minimum absolute atomic E-state index is 0.0919. The summed E-state index contributed by atoms with van der Waals surface area (Å²) in [5.74, 6) is -0.428. The molecular weight excluding hydrogens is 235 g/mol. The first-order valence-corrected chi connectivity index (χ1v) is 5.46. The summed E-state index contributed by atoms with van der Waals surface area (Å²) in [6, 6.07) is 4.92. The van der Waals surface area contributed by atoms with Crippen LogP contribution in [0.15, 0.2) is 18.2 Å². The average Bonchev–Trinajstić information content (AvgIpc) is 2.95. The van der Waals surface area contributed by atoms with E-state index in [9.17, 15) is 4.39 Å². The number of anilines is 1. The fraction of sp³-hybridized carbons (Fsp3) is 0.300. The second-order valence-corrected chi connectivity index (χ2v) is 4.32. The second kappa shape index (κ2) is 4.33. The smallest absolute Gasteiger partial charge is 0.170 e. The van der Waals surface area contributed by atoms with Crippen molar-refractivity contribution >= 4 is 34.6 Å². The van der Waals surface area contributed by atoms with Crippen molar-refractivity contribution in [2.45, 2.75) is 18.9 Å².